The van der Waals surface area contributed by atoms with E-state index in [1.807, 2.05) is 0 Å². The summed E-state index contributed by atoms with van der Waals surface area (Å²) in [5.41, 5.74) is 1.38. The fraction of sp³-hybridized carbons (Fsp3) is 0.364. The fourth-order valence-electron chi connectivity index (χ4n) is 3.85. The average molecular weight is 578 g/mol. The summed E-state index contributed by atoms with van der Waals surface area (Å²) in [5.74, 6) is -3.01. The fourth-order valence-corrected chi connectivity index (χ4v) is 6.05. The molecule has 3 rings (SSSR count). The van der Waals surface area contributed by atoms with E-state index in [1.165, 1.54) is 25.3 Å². The van der Waals surface area contributed by atoms with Crippen LogP contribution in [0, 0.1) is 19.7 Å². The van der Waals surface area contributed by atoms with Crippen molar-refractivity contribution in [2.75, 3.05) is 13.4 Å². The molecule has 1 aromatic heterocycles. The molecule has 2 aromatic carbocycles. The Morgan fingerprint density at radius 1 is 1.22 bits per heavy atom. The van der Waals surface area contributed by atoms with Crippen molar-refractivity contribution in [2.24, 2.45) is 0 Å². The number of rotatable bonds is 10. The number of ether oxygens (including phenoxy) is 1. The average Bonchev–Trinajstić information content (AvgIpc) is 3.23. The van der Waals surface area contributed by atoms with Gasteiger partial charge in [-0.3, -0.25) is 4.18 Å². The van der Waals surface area contributed by atoms with Gasteiger partial charge in [-0.2, -0.15) is 13.1 Å². The smallest absolute Gasteiger partial charge is 0.434 e. The molecule has 0 aliphatic rings. The van der Waals surface area contributed by atoms with Crippen molar-refractivity contribution >= 4 is 31.7 Å². The van der Waals surface area contributed by atoms with Gasteiger partial charge in [-0.05, 0) is 42.7 Å². The van der Waals surface area contributed by atoms with Gasteiger partial charge in [0, 0.05) is 22.6 Å². The first-order valence-corrected chi connectivity index (χ1v) is 14.4. The first-order chi connectivity index (χ1) is 17.1. The van der Waals surface area contributed by atoms with Crippen molar-refractivity contribution in [2.45, 2.75) is 44.2 Å². The number of halogens is 2. The molecule has 2 atom stereocenters. The Labute approximate surface area is 218 Å². The van der Waals surface area contributed by atoms with Crippen molar-refractivity contribution in [3.05, 3.63) is 73.8 Å². The van der Waals surface area contributed by atoms with Gasteiger partial charge in [0.2, 0.25) is 15.9 Å². The maximum absolute atomic E-state index is 15.0. The number of aromatic amines is 1. The Bertz CT molecular complexity index is 1590. The molecule has 0 aliphatic heterocycles. The molecule has 0 aliphatic carbocycles. The SMILES string of the molecule is COc1cc(Cl)cc(COS(C)(=O)=O)c1S(=O)(=O)N[C@H](c1n[nH]c(=O)o1)C(C)c1c(F)ccc(C)c1C. The zero-order valence-electron chi connectivity index (χ0n) is 20.5. The zero-order chi connectivity index (χ0) is 27.7. The van der Waals surface area contributed by atoms with Gasteiger partial charge in [0.25, 0.3) is 10.1 Å². The minimum atomic E-state index is -4.59. The van der Waals surface area contributed by atoms with Crippen molar-refractivity contribution in [3.63, 3.8) is 0 Å². The standard InChI is InChI=1S/C22H25ClFN3O8S2/c1-11-6-7-16(24)18(12(11)2)13(3)19(21-25-26-22(28)35-21)27-37(31,32)20-14(10-34-36(5,29)30)8-15(23)9-17(20)33-4/h6-9,13,19,27H,10H2,1-5H3,(H,26,28)/t13?,19-/m0/s1. The third-order valence-corrected chi connectivity index (χ3v) is 8.03. The number of sulfonamides is 1. The summed E-state index contributed by atoms with van der Waals surface area (Å²) in [6.45, 7) is 4.32. The molecule has 1 heterocycles. The summed E-state index contributed by atoms with van der Waals surface area (Å²) in [6.07, 6.45) is 0.803. The lowest BCUT2D eigenvalue weighted by Gasteiger charge is -2.26. The third kappa shape index (κ3) is 6.57. The van der Waals surface area contributed by atoms with E-state index in [-0.39, 0.29) is 27.8 Å². The number of benzene rings is 2. The predicted molar refractivity (Wildman–Crippen MR) is 132 cm³/mol. The van der Waals surface area contributed by atoms with Crippen LogP contribution in [0.5, 0.6) is 5.75 Å². The third-order valence-electron chi connectivity index (χ3n) is 5.70. The van der Waals surface area contributed by atoms with Gasteiger partial charge in [0.05, 0.1) is 20.0 Å². The van der Waals surface area contributed by atoms with E-state index in [2.05, 4.69) is 14.9 Å². The van der Waals surface area contributed by atoms with Crippen molar-refractivity contribution in [3.8, 4) is 5.75 Å². The van der Waals surface area contributed by atoms with Crippen LogP contribution < -0.4 is 15.2 Å². The van der Waals surface area contributed by atoms with Gasteiger partial charge in [0.15, 0.2) is 0 Å². The molecule has 0 radical (unpaired) electrons. The van der Waals surface area contributed by atoms with Gasteiger partial charge in [-0.15, -0.1) is 5.10 Å². The quantitative estimate of drug-likeness (QED) is 0.345. The summed E-state index contributed by atoms with van der Waals surface area (Å²) >= 11 is 6.08. The van der Waals surface area contributed by atoms with Crippen LogP contribution in [0.3, 0.4) is 0 Å². The van der Waals surface area contributed by atoms with Crippen molar-refractivity contribution in [1.82, 2.24) is 14.9 Å². The highest BCUT2D eigenvalue weighted by Crippen LogP contribution is 2.38. The Kier molecular flexibility index (Phi) is 8.49. The Hall–Kier alpha value is -2.78. The maximum Gasteiger partial charge on any atom is 0.434 e. The molecule has 2 N–H and O–H groups in total. The lowest BCUT2D eigenvalue weighted by atomic mass is 9.88. The summed E-state index contributed by atoms with van der Waals surface area (Å²) in [6, 6.07) is 3.90. The summed E-state index contributed by atoms with van der Waals surface area (Å²) in [7, 11) is -7.34. The van der Waals surface area contributed by atoms with Crippen LogP contribution in [-0.2, 0) is 30.9 Å². The molecule has 15 heteroatoms. The van der Waals surface area contributed by atoms with E-state index in [0.29, 0.717) is 5.56 Å². The highest BCUT2D eigenvalue weighted by Gasteiger charge is 2.35. The first kappa shape index (κ1) is 28.8. The molecular formula is C22H25ClFN3O8S2. The zero-order valence-corrected chi connectivity index (χ0v) is 22.8. The maximum atomic E-state index is 15.0. The molecule has 0 saturated heterocycles. The number of hydrogen-bond acceptors (Lipinski definition) is 9. The van der Waals surface area contributed by atoms with E-state index in [0.717, 1.165) is 11.8 Å². The second-order valence-electron chi connectivity index (χ2n) is 8.30. The normalized spacial score (nSPS) is 13.9. The van der Waals surface area contributed by atoms with Gasteiger partial charge < -0.3 is 9.15 Å². The minimum Gasteiger partial charge on any atom is -0.495 e. The van der Waals surface area contributed by atoms with Gasteiger partial charge in [0.1, 0.15) is 22.5 Å². The Balaban J connectivity index is 2.18. The number of nitrogens with zero attached hydrogens (tertiary/aromatic N) is 1. The molecule has 1 unspecified atom stereocenters. The summed E-state index contributed by atoms with van der Waals surface area (Å²) in [5, 5.41) is 5.89. The van der Waals surface area contributed by atoms with Gasteiger partial charge in [-0.25, -0.2) is 22.7 Å². The van der Waals surface area contributed by atoms with Crippen LogP contribution >= 0.6 is 11.6 Å². The molecule has 0 amide bonds. The topological polar surface area (TPSA) is 158 Å². The molecule has 0 saturated carbocycles. The molecule has 11 nitrogen and oxygen atoms in total. The molecule has 37 heavy (non-hydrogen) atoms. The van der Waals surface area contributed by atoms with E-state index in [9.17, 15) is 26.0 Å². The number of H-pyrrole nitrogens is 1. The van der Waals surface area contributed by atoms with Crippen LogP contribution in [0.1, 0.15) is 47.0 Å². The second kappa shape index (κ2) is 10.9. The van der Waals surface area contributed by atoms with Crippen molar-refractivity contribution < 1.29 is 34.6 Å². The van der Waals surface area contributed by atoms with E-state index in [4.69, 9.17) is 24.9 Å². The number of nitrogens with one attached hydrogen (secondary N) is 2. The van der Waals surface area contributed by atoms with Crippen LogP contribution in [0.25, 0.3) is 0 Å². The molecule has 0 spiro atoms. The Morgan fingerprint density at radius 2 is 1.89 bits per heavy atom. The molecular weight excluding hydrogens is 553 g/mol. The molecule has 202 valence electrons. The van der Waals surface area contributed by atoms with Crippen LogP contribution in [0.15, 0.2) is 38.4 Å². The van der Waals surface area contributed by atoms with E-state index >= 15 is 0 Å². The molecule has 0 bridgehead atoms. The highest BCUT2D eigenvalue weighted by molar-refractivity contribution is 7.89. The number of aryl methyl sites for hydroxylation is 1. The number of hydrogen-bond donors (Lipinski definition) is 2. The predicted octanol–water partition coefficient (Wildman–Crippen LogP) is 3.08. The Morgan fingerprint density at radius 3 is 2.46 bits per heavy atom. The van der Waals surface area contributed by atoms with E-state index < -0.39 is 55.2 Å². The van der Waals surface area contributed by atoms with E-state index in [1.54, 1.807) is 26.8 Å². The monoisotopic (exact) mass is 577 g/mol. The summed E-state index contributed by atoms with van der Waals surface area (Å²) < 4.78 is 83.0. The number of aromatic nitrogens is 2. The second-order valence-corrected chi connectivity index (χ2v) is 12.0. The largest absolute Gasteiger partial charge is 0.495 e. The van der Waals surface area contributed by atoms with Crippen LogP contribution in [0.2, 0.25) is 5.02 Å². The first-order valence-electron chi connectivity index (χ1n) is 10.7. The summed E-state index contributed by atoms with van der Waals surface area (Å²) in [4.78, 5) is 11.2. The van der Waals surface area contributed by atoms with Gasteiger partial charge in [-0.1, -0.05) is 24.6 Å². The number of methoxy groups -OCH3 is 1. The highest BCUT2D eigenvalue weighted by atomic mass is 35.5. The van der Waals surface area contributed by atoms with Crippen molar-refractivity contribution in [1.29, 1.82) is 0 Å². The van der Waals surface area contributed by atoms with Gasteiger partial charge >= 0.3 is 5.76 Å². The minimum absolute atomic E-state index is 0.0589. The van der Waals surface area contributed by atoms with Crippen LogP contribution in [0.4, 0.5) is 4.39 Å². The lowest BCUT2D eigenvalue weighted by Crippen LogP contribution is -2.33. The molecule has 3 aromatic rings. The molecule has 0 fully saturated rings. The van der Waals surface area contributed by atoms with Crippen LogP contribution in [-0.4, -0.2) is 40.4 Å². The lowest BCUT2D eigenvalue weighted by molar-refractivity contribution is 0.306.